The number of hydrogen-bond acceptors (Lipinski definition) is 3. The second-order valence-electron chi connectivity index (χ2n) is 0.346. The summed E-state index contributed by atoms with van der Waals surface area (Å²) in [5.74, 6) is 0. The third-order valence-electron chi connectivity index (χ3n) is 0. The second-order valence-corrected chi connectivity index (χ2v) is 0.346. The van der Waals surface area contributed by atoms with Gasteiger partial charge in [-0.15, -0.1) is 0 Å². The van der Waals surface area contributed by atoms with Gasteiger partial charge in [-0.05, 0) is 0 Å². The van der Waals surface area contributed by atoms with Crippen molar-refractivity contribution in [1.29, 1.82) is 0 Å². The minimum atomic E-state index is -2.17. The van der Waals surface area contributed by atoms with E-state index in [1.54, 1.807) is 0 Å². The molecule has 0 radical (unpaired) electrons. The van der Waals surface area contributed by atoms with E-state index in [1.807, 2.05) is 0 Å². The Morgan fingerprint density at radius 1 is 0.400 bits per heavy atom. The Balaban J connectivity index is -0.000000000818. The van der Waals surface area contributed by atoms with Crippen LogP contribution in [0, 0.1) is 0 Å². The van der Waals surface area contributed by atoms with E-state index >= 15 is 0 Å². The molecule has 13 nitrogen and oxygen atoms in total. The maximum absolute atomic E-state index is 7.17. The zero-order chi connectivity index (χ0) is 3.58. The average molecular weight is 381 g/mol. The van der Waals surface area contributed by atoms with Crippen LogP contribution in [0.1, 0.15) is 0 Å². The third-order valence-corrected chi connectivity index (χ3v) is 0. The molecule has 0 aliphatic heterocycles. The van der Waals surface area contributed by atoms with Gasteiger partial charge in [0.25, 0.3) is 0 Å². The predicted octanol–water partition coefficient (Wildman–Crippen LogP) is -11.2. The normalized spacial score (nSPS) is 1.80. The SMILES string of the molecule is O.O.O.O.O.O.O.O.O.O.OB(O)O.[BaH2]. The fraction of sp³-hybridized carbons (Fsp3) is 0. The van der Waals surface area contributed by atoms with Gasteiger partial charge in [0.15, 0.2) is 0 Å². The molecule has 0 aromatic rings. The molecule has 0 aliphatic rings. The molecule has 0 spiro atoms. The molecule has 0 saturated carbocycles. The van der Waals surface area contributed by atoms with E-state index in [4.69, 9.17) is 15.1 Å². The molecule has 0 aliphatic carbocycles. The molecule has 15 heteroatoms. The molecule has 108 valence electrons. The summed E-state index contributed by atoms with van der Waals surface area (Å²) < 4.78 is 0. The van der Waals surface area contributed by atoms with E-state index < -0.39 is 7.32 Å². The van der Waals surface area contributed by atoms with E-state index in [0.717, 1.165) is 0 Å². The van der Waals surface area contributed by atoms with E-state index in [0.29, 0.717) is 0 Å². The summed E-state index contributed by atoms with van der Waals surface area (Å²) in [4.78, 5) is 0. The van der Waals surface area contributed by atoms with Gasteiger partial charge in [-0.3, -0.25) is 0 Å². The molecular formula is H25BBaO13. The van der Waals surface area contributed by atoms with Gasteiger partial charge >= 0.3 is 56.2 Å². The zero-order valence-electron chi connectivity index (χ0n) is 6.92. The topological polar surface area (TPSA) is 376 Å². The predicted molar refractivity (Wildman–Crippen MR) is 57.1 cm³/mol. The van der Waals surface area contributed by atoms with E-state index in [2.05, 4.69) is 0 Å². The summed E-state index contributed by atoms with van der Waals surface area (Å²) in [5, 5.41) is 21.5. The molecular weight excluding hydrogens is 356 g/mol. The van der Waals surface area contributed by atoms with Crippen molar-refractivity contribution < 1.29 is 69.8 Å². The fourth-order valence-electron chi connectivity index (χ4n) is 0. The van der Waals surface area contributed by atoms with Crippen LogP contribution in [0.2, 0.25) is 0 Å². The molecule has 15 heavy (non-hydrogen) atoms. The summed E-state index contributed by atoms with van der Waals surface area (Å²) in [6, 6.07) is 0. The zero-order valence-corrected chi connectivity index (χ0v) is 6.92. The Morgan fingerprint density at radius 3 is 0.400 bits per heavy atom. The molecule has 0 atom stereocenters. The molecule has 0 rings (SSSR count). The van der Waals surface area contributed by atoms with Crippen LogP contribution in [0.5, 0.6) is 0 Å². The van der Waals surface area contributed by atoms with E-state index in [1.165, 1.54) is 0 Å². The monoisotopic (exact) mass is 382 g/mol. The summed E-state index contributed by atoms with van der Waals surface area (Å²) in [6.45, 7) is 0. The van der Waals surface area contributed by atoms with Crippen LogP contribution >= 0.6 is 0 Å². The first-order valence-electron chi connectivity index (χ1n) is 0.775. The van der Waals surface area contributed by atoms with Crippen LogP contribution in [0.4, 0.5) is 0 Å². The summed E-state index contributed by atoms with van der Waals surface area (Å²) >= 11 is 0. The van der Waals surface area contributed by atoms with Gasteiger partial charge in [0.1, 0.15) is 0 Å². The molecule has 0 unspecified atom stereocenters. The van der Waals surface area contributed by atoms with Crippen molar-refractivity contribution >= 4 is 56.2 Å². The van der Waals surface area contributed by atoms with Crippen LogP contribution in [-0.4, -0.2) is 126 Å². The van der Waals surface area contributed by atoms with Crippen LogP contribution in [0.15, 0.2) is 0 Å². The minimum absolute atomic E-state index is 0. The van der Waals surface area contributed by atoms with Gasteiger partial charge < -0.3 is 69.8 Å². The molecule has 0 amide bonds. The molecule has 23 N–H and O–H groups in total. The van der Waals surface area contributed by atoms with Crippen molar-refractivity contribution in [2.45, 2.75) is 0 Å². The fourth-order valence-corrected chi connectivity index (χ4v) is 0. The Morgan fingerprint density at radius 2 is 0.400 bits per heavy atom. The Kier molecular flexibility index (Phi) is 2580. The Labute approximate surface area is 125 Å². The van der Waals surface area contributed by atoms with Crippen LogP contribution in [0.25, 0.3) is 0 Å². The molecule has 0 bridgehead atoms. The molecule has 0 fully saturated rings. The average Bonchev–Trinajstić information content (AvgIpc) is 0.811. The first kappa shape index (κ1) is 217. The molecule has 0 saturated heterocycles. The van der Waals surface area contributed by atoms with Gasteiger partial charge in [0, 0.05) is 0 Å². The van der Waals surface area contributed by atoms with Crippen molar-refractivity contribution in [3.05, 3.63) is 0 Å². The molecule has 0 aromatic heterocycles. The summed E-state index contributed by atoms with van der Waals surface area (Å²) in [6.07, 6.45) is 0. The van der Waals surface area contributed by atoms with Crippen LogP contribution < -0.4 is 0 Å². The van der Waals surface area contributed by atoms with Crippen molar-refractivity contribution in [2.24, 2.45) is 0 Å². The van der Waals surface area contributed by atoms with Crippen molar-refractivity contribution in [3.63, 3.8) is 0 Å². The summed E-state index contributed by atoms with van der Waals surface area (Å²) in [7, 11) is -2.17. The number of rotatable bonds is 0. The first-order valence-corrected chi connectivity index (χ1v) is 0.775. The van der Waals surface area contributed by atoms with Gasteiger partial charge in [0.2, 0.25) is 0 Å². The molecule has 0 aromatic carbocycles. The quantitative estimate of drug-likeness (QED) is 0.344. The van der Waals surface area contributed by atoms with Gasteiger partial charge in [-0.2, -0.15) is 0 Å². The van der Waals surface area contributed by atoms with Gasteiger partial charge in [-0.1, -0.05) is 0 Å². The second kappa shape index (κ2) is 178. The summed E-state index contributed by atoms with van der Waals surface area (Å²) in [5.41, 5.74) is 0. The van der Waals surface area contributed by atoms with E-state index in [9.17, 15) is 0 Å². The maximum atomic E-state index is 7.17. The van der Waals surface area contributed by atoms with Gasteiger partial charge in [-0.25, -0.2) is 0 Å². The van der Waals surface area contributed by atoms with Crippen LogP contribution in [0.3, 0.4) is 0 Å². The Hall–Kier alpha value is 1.12. The molecule has 0 heterocycles. The third kappa shape index (κ3) is 2090. The van der Waals surface area contributed by atoms with Crippen LogP contribution in [-0.2, 0) is 0 Å². The first-order chi connectivity index (χ1) is 1.73. The van der Waals surface area contributed by atoms with Crippen molar-refractivity contribution in [3.8, 4) is 0 Å². The van der Waals surface area contributed by atoms with Crippen molar-refractivity contribution in [2.75, 3.05) is 0 Å². The van der Waals surface area contributed by atoms with Gasteiger partial charge in [0.05, 0.1) is 0 Å². The Bertz CT molecular complexity index is 15.3. The van der Waals surface area contributed by atoms with Crippen molar-refractivity contribution in [1.82, 2.24) is 0 Å². The number of hydrogen-bond donors (Lipinski definition) is 3. The van der Waals surface area contributed by atoms with E-state index in [-0.39, 0.29) is 104 Å². The standard InChI is InChI=1S/BH3O3.Ba.10H2O.2H/c2-1(3)4;;;;;;;;;;;;;/h2-4H;;10*1H2;;.